The van der Waals surface area contributed by atoms with Gasteiger partial charge in [0.1, 0.15) is 19.5 Å². The number of nitrogen functional groups attached to an aromatic ring is 1. The second-order valence-corrected chi connectivity index (χ2v) is 4.46. The van der Waals surface area contributed by atoms with Crippen molar-refractivity contribution >= 4 is 11.9 Å². The van der Waals surface area contributed by atoms with Crippen LogP contribution in [-0.4, -0.2) is 20.7 Å². The van der Waals surface area contributed by atoms with E-state index in [2.05, 4.69) is 16.1 Å². The van der Waals surface area contributed by atoms with Crippen molar-refractivity contribution in [2.24, 2.45) is 0 Å². The highest BCUT2D eigenvalue weighted by atomic mass is 16.5. The first-order chi connectivity index (χ1) is 9.02. The zero-order valence-corrected chi connectivity index (χ0v) is 11.0. The van der Waals surface area contributed by atoms with E-state index in [0.29, 0.717) is 0 Å². The second kappa shape index (κ2) is 5.51. The smallest absolute Gasteiger partial charge is 0.328 e. The van der Waals surface area contributed by atoms with Gasteiger partial charge in [-0.3, -0.25) is 4.79 Å². The highest BCUT2D eigenvalue weighted by molar-refractivity contribution is 5.69. The van der Waals surface area contributed by atoms with E-state index in [1.807, 2.05) is 26.0 Å². The number of nitrogens with two attached hydrogens (primary N) is 1. The summed E-state index contributed by atoms with van der Waals surface area (Å²) in [5, 5.41) is 3.82. The molecule has 0 unspecified atom stereocenters. The SMILES string of the molecule is Cc1cc(C)cc(COC(=O)Cn2cnc(N)n2)c1. The van der Waals surface area contributed by atoms with Gasteiger partial charge in [-0.25, -0.2) is 9.67 Å². The maximum atomic E-state index is 11.6. The summed E-state index contributed by atoms with van der Waals surface area (Å²) in [7, 11) is 0. The number of nitrogens with zero attached hydrogens (tertiary/aromatic N) is 3. The molecule has 1 aromatic heterocycles. The molecule has 0 saturated heterocycles. The number of hydrogen-bond donors (Lipinski definition) is 1. The van der Waals surface area contributed by atoms with Crippen LogP contribution < -0.4 is 5.73 Å². The molecule has 0 radical (unpaired) electrons. The maximum absolute atomic E-state index is 11.6. The second-order valence-electron chi connectivity index (χ2n) is 4.46. The zero-order chi connectivity index (χ0) is 13.8. The summed E-state index contributed by atoms with van der Waals surface area (Å²) in [6.45, 7) is 4.29. The molecule has 1 aromatic carbocycles. The van der Waals surface area contributed by atoms with Crippen LogP contribution in [0.5, 0.6) is 0 Å². The summed E-state index contributed by atoms with van der Waals surface area (Å²) in [4.78, 5) is 15.3. The van der Waals surface area contributed by atoms with Crippen LogP contribution in [0.4, 0.5) is 5.95 Å². The third kappa shape index (κ3) is 3.80. The molecule has 2 rings (SSSR count). The number of esters is 1. The molecule has 0 saturated carbocycles. The number of hydrogen-bond acceptors (Lipinski definition) is 5. The predicted molar refractivity (Wildman–Crippen MR) is 70.1 cm³/mol. The fourth-order valence-corrected chi connectivity index (χ4v) is 1.88. The first kappa shape index (κ1) is 13.1. The monoisotopic (exact) mass is 260 g/mol. The molecule has 0 atom stereocenters. The molecule has 0 fully saturated rings. The molecule has 0 aliphatic carbocycles. The largest absolute Gasteiger partial charge is 0.459 e. The van der Waals surface area contributed by atoms with Gasteiger partial charge >= 0.3 is 5.97 Å². The maximum Gasteiger partial charge on any atom is 0.328 e. The van der Waals surface area contributed by atoms with Gasteiger partial charge in [-0.05, 0) is 19.4 Å². The Labute approximate surface area is 111 Å². The van der Waals surface area contributed by atoms with Gasteiger partial charge in [-0.15, -0.1) is 5.10 Å². The molecule has 2 N–H and O–H groups in total. The fraction of sp³-hybridized carbons (Fsp3) is 0.308. The molecule has 1 heterocycles. The van der Waals surface area contributed by atoms with Crippen molar-refractivity contribution in [3.63, 3.8) is 0 Å². The van der Waals surface area contributed by atoms with Crippen LogP contribution >= 0.6 is 0 Å². The summed E-state index contributed by atoms with van der Waals surface area (Å²) >= 11 is 0. The Morgan fingerprint density at radius 2 is 2.00 bits per heavy atom. The summed E-state index contributed by atoms with van der Waals surface area (Å²) in [6, 6.07) is 6.06. The lowest BCUT2D eigenvalue weighted by molar-refractivity contribution is -0.145. The van der Waals surface area contributed by atoms with Crippen LogP contribution in [-0.2, 0) is 22.7 Å². The van der Waals surface area contributed by atoms with Crippen molar-refractivity contribution in [3.8, 4) is 0 Å². The molecular formula is C13H16N4O2. The van der Waals surface area contributed by atoms with Crippen LogP contribution in [0, 0.1) is 13.8 Å². The molecular weight excluding hydrogens is 244 g/mol. The predicted octanol–water partition coefficient (Wildman–Crippen LogP) is 1.22. The number of aryl methyl sites for hydroxylation is 2. The molecule has 6 heteroatoms. The first-order valence-electron chi connectivity index (χ1n) is 5.90. The number of carbonyl (C=O) groups excluding carboxylic acids is 1. The van der Waals surface area contributed by atoms with E-state index < -0.39 is 0 Å². The standard InChI is InChI=1S/C13H16N4O2/c1-9-3-10(2)5-11(4-9)7-19-12(18)6-17-8-15-13(14)16-17/h3-5,8H,6-7H2,1-2H3,(H2,14,16). The molecule has 0 bridgehead atoms. The average molecular weight is 260 g/mol. The van der Waals surface area contributed by atoms with Crippen molar-refractivity contribution in [3.05, 3.63) is 41.2 Å². The zero-order valence-electron chi connectivity index (χ0n) is 11.0. The quantitative estimate of drug-likeness (QED) is 0.836. The minimum absolute atomic E-state index is 0.00893. The number of ether oxygens (including phenoxy) is 1. The third-order valence-corrected chi connectivity index (χ3v) is 2.53. The molecule has 0 spiro atoms. The number of carbonyl (C=O) groups is 1. The van der Waals surface area contributed by atoms with E-state index in [1.165, 1.54) is 11.0 Å². The minimum atomic E-state index is -0.371. The van der Waals surface area contributed by atoms with Gasteiger partial charge in [0.05, 0.1) is 0 Å². The molecule has 2 aromatic rings. The van der Waals surface area contributed by atoms with Gasteiger partial charge < -0.3 is 10.5 Å². The Morgan fingerprint density at radius 1 is 1.32 bits per heavy atom. The number of aromatic nitrogens is 3. The van der Waals surface area contributed by atoms with Crippen LogP contribution in [0.2, 0.25) is 0 Å². The van der Waals surface area contributed by atoms with Crippen molar-refractivity contribution in [1.29, 1.82) is 0 Å². The molecule has 0 aliphatic heterocycles. The van der Waals surface area contributed by atoms with Crippen molar-refractivity contribution in [2.75, 3.05) is 5.73 Å². The lowest BCUT2D eigenvalue weighted by Gasteiger charge is -2.07. The summed E-state index contributed by atoms with van der Waals surface area (Å²) in [5.41, 5.74) is 8.63. The van der Waals surface area contributed by atoms with Gasteiger partial charge in [-0.1, -0.05) is 29.3 Å². The van der Waals surface area contributed by atoms with Gasteiger partial charge in [0.25, 0.3) is 0 Å². The minimum Gasteiger partial charge on any atom is -0.459 e. The lowest BCUT2D eigenvalue weighted by Crippen LogP contribution is -2.14. The van der Waals surface area contributed by atoms with Crippen molar-refractivity contribution in [1.82, 2.24) is 14.8 Å². The molecule has 0 amide bonds. The van der Waals surface area contributed by atoms with E-state index in [1.54, 1.807) is 0 Å². The van der Waals surface area contributed by atoms with E-state index in [9.17, 15) is 4.79 Å². The number of rotatable bonds is 4. The van der Waals surface area contributed by atoms with Crippen LogP contribution in [0.25, 0.3) is 0 Å². The Bertz CT molecular complexity index is 572. The molecule has 100 valence electrons. The van der Waals surface area contributed by atoms with Crippen LogP contribution in [0.3, 0.4) is 0 Å². The van der Waals surface area contributed by atoms with E-state index in [4.69, 9.17) is 10.5 Å². The highest BCUT2D eigenvalue weighted by Crippen LogP contribution is 2.10. The normalized spacial score (nSPS) is 10.4. The van der Waals surface area contributed by atoms with Gasteiger partial charge in [0, 0.05) is 0 Å². The Kier molecular flexibility index (Phi) is 3.79. The van der Waals surface area contributed by atoms with E-state index in [0.717, 1.165) is 16.7 Å². The summed E-state index contributed by atoms with van der Waals surface area (Å²) < 4.78 is 6.53. The van der Waals surface area contributed by atoms with Crippen LogP contribution in [0.15, 0.2) is 24.5 Å². The van der Waals surface area contributed by atoms with E-state index >= 15 is 0 Å². The highest BCUT2D eigenvalue weighted by Gasteiger charge is 2.06. The fourth-order valence-electron chi connectivity index (χ4n) is 1.88. The Morgan fingerprint density at radius 3 is 2.58 bits per heavy atom. The molecule has 6 nitrogen and oxygen atoms in total. The first-order valence-corrected chi connectivity index (χ1v) is 5.90. The van der Waals surface area contributed by atoms with Gasteiger partial charge in [-0.2, -0.15) is 0 Å². The van der Waals surface area contributed by atoms with Gasteiger partial charge in [0.2, 0.25) is 5.95 Å². The lowest BCUT2D eigenvalue weighted by atomic mass is 10.1. The molecule has 0 aliphatic rings. The van der Waals surface area contributed by atoms with Gasteiger partial charge in [0.15, 0.2) is 0 Å². The Balaban J connectivity index is 1.89. The summed E-state index contributed by atoms with van der Waals surface area (Å²) in [6.07, 6.45) is 1.40. The van der Waals surface area contributed by atoms with Crippen molar-refractivity contribution < 1.29 is 9.53 Å². The number of anilines is 1. The summed E-state index contributed by atoms with van der Waals surface area (Å²) in [5.74, 6) is -0.230. The van der Waals surface area contributed by atoms with Crippen LogP contribution in [0.1, 0.15) is 16.7 Å². The van der Waals surface area contributed by atoms with Crippen molar-refractivity contribution in [2.45, 2.75) is 27.0 Å². The van der Waals surface area contributed by atoms with E-state index in [-0.39, 0.29) is 25.1 Å². The average Bonchev–Trinajstić information content (AvgIpc) is 2.71. The number of benzene rings is 1. The third-order valence-electron chi connectivity index (χ3n) is 2.53. The Hall–Kier alpha value is -2.37. The topological polar surface area (TPSA) is 83.0 Å². The molecule has 19 heavy (non-hydrogen) atoms.